The zero-order chi connectivity index (χ0) is 16.6. The summed E-state index contributed by atoms with van der Waals surface area (Å²) in [6.07, 6.45) is 0. The Morgan fingerprint density at radius 1 is 0.900 bits per heavy atom. The zero-order valence-corrected chi connectivity index (χ0v) is 12.8. The molecule has 9 N–H and O–H groups in total. The molecule has 13 nitrogen and oxygen atoms in total. The lowest BCUT2D eigenvalue weighted by atomic mass is 10.8. The second kappa shape index (κ2) is 6.28. The Kier molecular flexibility index (Phi) is 6.41. The molecule has 120 valence electrons. The van der Waals surface area contributed by atoms with Crippen molar-refractivity contribution in [3.63, 3.8) is 0 Å². The van der Waals surface area contributed by atoms with Crippen LogP contribution in [0.2, 0.25) is 0 Å². The van der Waals surface area contributed by atoms with E-state index in [1.807, 2.05) is 0 Å². The van der Waals surface area contributed by atoms with E-state index in [4.69, 9.17) is 44.0 Å². The van der Waals surface area contributed by atoms with Crippen LogP contribution in [0.1, 0.15) is 0 Å². The highest BCUT2D eigenvalue weighted by atomic mass is 31.3. The Bertz CT molecular complexity index is 493. The van der Waals surface area contributed by atoms with Crippen molar-refractivity contribution in [1.82, 2.24) is 0 Å². The topological polar surface area (TPSA) is 246 Å². The van der Waals surface area contributed by atoms with Gasteiger partial charge in [-0.15, -0.1) is 0 Å². The van der Waals surface area contributed by atoms with Crippen LogP contribution in [0.25, 0.3) is 0 Å². The van der Waals surface area contributed by atoms with Crippen molar-refractivity contribution in [2.24, 2.45) is 4.99 Å². The maximum absolute atomic E-state index is 10.9. The number of hydrogen-bond donors (Lipinski definition) is 9. The van der Waals surface area contributed by atoms with E-state index in [1.54, 1.807) is 0 Å². The van der Waals surface area contributed by atoms with Crippen LogP contribution >= 0.6 is 30.7 Å². The van der Waals surface area contributed by atoms with E-state index in [0.717, 1.165) is 0 Å². The Morgan fingerprint density at radius 2 is 1.25 bits per heavy atom. The van der Waals surface area contributed by atoms with Gasteiger partial charge < -0.3 is 29.4 Å². The van der Waals surface area contributed by atoms with Crippen molar-refractivity contribution in [3.8, 4) is 0 Å². The molecular formula is C3H12NO12P4+. The molecule has 0 bridgehead atoms. The summed E-state index contributed by atoms with van der Waals surface area (Å²) in [5, 5.41) is -4.65. The minimum absolute atomic E-state index is 1.54. The maximum atomic E-state index is 10.9. The largest absolute Gasteiger partial charge is 0.469 e. The molecular weight excluding hydrogens is 366 g/mol. The standard InChI is InChI=1S/C3H11NO12P4/c5-17(6,7)2(18(8,9)10)1-4-3(19(11,12)13)20(14,15)16/h2,11-13H,1H2,(H5-,5,6,7,8,9,10,14,15,16)/p+1. The molecule has 20 heavy (non-hydrogen) atoms. The van der Waals surface area contributed by atoms with Gasteiger partial charge in [-0.3, -0.25) is 9.13 Å². The molecule has 0 unspecified atom stereocenters. The normalized spacial score (nSPS) is 15.8. The highest BCUT2D eigenvalue weighted by Crippen LogP contribution is 2.62. The minimum atomic E-state index is -5.51. The summed E-state index contributed by atoms with van der Waals surface area (Å²) in [7, 11) is -21.7. The van der Waals surface area contributed by atoms with Gasteiger partial charge in [-0.25, -0.2) is 9.56 Å². The van der Waals surface area contributed by atoms with Gasteiger partial charge in [-0.1, -0.05) is 0 Å². The predicted octanol–water partition coefficient (Wildman–Crippen LogP) is -2.06. The highest BCUT2D eigenvalue weighted by molar-refractivity contribution is 8.00. The van der Waals surface area contributed by atoms with E-state index >= 15 is 0 Å². The number of aliphatic imine (C=N–C) groups is 1. The quantitative estimate of drug-likeness (QED) is 0.179. The summed E-state index contributed by atoms with van der Waals surface area (Å²) in [6.45, 7) is -1.54. The first kappa shape index (κ1) is 20.4. The molecule has 0 saturated carbocycles. The van der Waals surface area contributed by atoms with Gasteiger partial charge in [0.1, 0.15) is 0 Å². The molecule has 0 aromatic rings. The van der Waals surface area contributed by atoms with Gasteiger partial charge in [-0.05, 0) is 0 Å². The van der Waals surface area contributed by atoms with Crippen LogP contribution in [-0.2, 0) is 13.7 Å². The molecule has 0 aromatic carbocycles. The van der Waals surface area contributed by atoms with Crippen LogP contribution in [0.3, 0.4) is 0 Å². The molecule has 0 spiro atoms. The Balaban J connectivity index is 5.68. The molecule has 0 heterocycles. The third kappa shape index (κ3) is 6.46. The van der Waals surface area contributed by atoms with E-state index in [1.165, 1.54) is 0 Å². The monoisotopic (exact) mass is 378 g/mol. The molecule has 0 saturated heterocycles. The van der Waals surface area contributed by atoms with Crippen LogP contribution in [-0.4, -0.2) is 61.2 Å². The van der Waals surface area contributed by atoms with Crippen molar-refractivity contribution in [2.45, 2.75) is 5.40 Å². The summed E-state index contributed by atoms with van der Waals surface area (Å²) in [4.78, 5) is 81.1. The number of rotatable bonds is 6. The van der Waals surface area contributed by atoms with Crippen molar-refractivity contribution in [3.05, 3.63) is 0 Å². The first-order valence-electron chi connectivity index (χ1n) is 4.26. The van der Waals surface area contributed by atoms with E-state index in [0.29, 0.717) is 0 Å². The molecule has 0 amide bonds. The molecule has 0 radical (unpaired) electrons. The van der Waals surface area contributed by atoms with Gasteiger partial charge in [0.05, 0.1) is 6.54 Å². The van der Waals surface area contributed by atoms with E-state index < -0.39 is 47.9 Å². The van der Waals surface area contributed by atoms with Crippen LogP contribution in [0.4, 0.5) is 0 Å². The Morgan fingerprint density at radius 3 is 1.45 bits per heavy atom. The molecule has 0 aliphatic carbocycles. The molecule has 0 fully saturated rings. The van der Waals surface area contributed by atoms with E-state index in [2.05, 4.69) is 4.99 Å². The lowest BCUT2D eigenvalue weighted by Gasteiger charge is -2.18. The first-order valence-corrected chi connectivity index (χ1v) is 10.9. The molecule has 0 aliphatic heterocycles. The molecule has 0 aromatic heterocycles. The lowest BCUT2D eigenvalue weighted by molar-refractivity contribution is 0.336. The van der Waals surface area contributed by atoms with Crippen LogP contribution in [0, 0.1) is 0 Å². The van der Waals surface area contributed by atoms with Crippen molar-refractivity contribution >= 4 is 35.9 Å². The highest BCUT2D eigenvalue weighted by Gasteiger charge is 2.52. The van der Waals surface area contributed by atoms with Gasteiger partial charge in [0.25, 0.3) is 0 Å². The third-order valence-corrected chi connectivity index (χ3v) is 8.31. The molecule has 17 heteroatoms. The van der Waals surface area contributed by atoms with Crippen molar-refractivity contribution in [2.75, 3.05) is 6.54 Å². The average Bonchev–Trinajstić information content (AvgIpc) is 2.02. The van der Waals surface area contributed by atoms with Gasteiger partial charge in [0.15, 0.2) is 5.40 Å². The van der Waals surface area contributed by atoms with Gasteiger partial charge >= 0.3 is 35.9 Å². The molecule has 0 atom stereocenters. The van der Waals surface area contributed by atoms with E-state index in [-0.39, 0.29) is 0 Å². The SMILES string of the molecule is O=P(O)(O)C(=NCC(P(=O)(O)O)P(=O)(O)O)[P+](O)(O)O. The summed E-state index contributed by atoms with van der Waals surface area (Å²) >= 11 is 0. The predicted molar refractivity (Wildman–Crippen MR) is 65.8 cm³/mol. The van der Waals surface area contributed by atoms with Crippen molar-refractivity contribution < 1.29 is 57.7 Å². The van der Waals surface area contributed by atoms with Crippen LogP contribution < -0.4 is 0 Å². The number of hydrogen-bond acceptors (Lipinski definition) is 7. The lowest BCUT2D eigenvalue weighted by Crippen LogP contribution is -2.16. The fraction of sp³-hybridized carbons (Fsp3) is 0.667. The maximum Gasteiger partial charge on any atom is 0.469 e. The summed E-state index contributed by atoms with van der Waals surface area (Å²) < 4.78 is 32.5. The Labute approximate surface area is 111 Å². The van der Waals surface area contributed by atoms with Gasteiger partial charge in [0, 0.05) is 0 Å². The van der Waals surface area contributed by atoms with Crippen LogP contribution in [0.5, 0.6) is 0 Å². The van der Waals surface area contributed by atoms with E-state index in [9.17, 15) is 13.7 Å². The second-order valence-electron chi connectivity index (χ2n) is 3.41. The van der Waals surface area contributed by atoms with Gasteiger partial charge in [0.2, 0.25) is 0 Å². The van der Waals surface area contributed by atoms with Crippen LogP contribution in [0.15, 0.2) is 4.99 Å². The Hall–Kier alpha value is 0.430. The molecule has 0 aliphatic rings. The average molecular weight is 378 g/mol. The smallest absolute Gasteiger partial charge is 0.324 e. The first-order chi connectivity index (χ1) is 8.47. The summed E-state index contributed by atoms with van der Waals surface area (Å²) in [6, 6.07) is 0. The zero-order valence-electron chi connectivity index (χ0n) is 9.27. The van der Waals surface area contributed by atoms with Gasteiger partial charge in [-0.2, -0.15) is 14.7 Å². The number of nitrogens with zero attached hydrogens (tertiary/aromatic N) is 1. The molecule has 0 rings (SSSR count). The summed E-state index contributed by atoms with van der Waals surface area (Å²) in [5.74, 6) is 0. The van der Waals surface area contributed by atoms with Crippen molar-refractivity contribution in [1.29, 1.82) is 0 Å². The fourth-order valence-electron chi connectivity index (χ4n) is 0.934. The summed E-state index contributed by atoms with van der Waals surface area (Å²) in [5.41, 5.74) is 0. The second-order valence-corrected chi connectivity index (χ2v) is 10.8. The third-order valence-electron chi connectivity index (χ3n) is 1.70. The minimum Gasteiger partial charge on any atom is -0.324 e. The fourth-order valence-corrected chi connectivity index (χ4v) is 5.03.